The third-order valence-electron chi connectivity index (χ3n) is 3.82. The molecule has 0 fully saturated rings. The second-order valence-corrected chi connectivity index (χ2v) is 4.87. The van der Waals surface area contributed by atoms with E-state index < -0.39 is 11.6 Å². The van der Waals surface area contributed by atoms with Crippen LogP contribution in [0.1, 0.15) is 5.56 Å². The summed E-state index contributed by atoms with van der Waals surface area (Å²) in [6.45, 7) is 0. The summed E-state index contributed by atoms with van der Waals surface area (Å²) in [7, 11) is 6.23. The first-order chi connectivity index (χ1) is 10.6. The summed E-state index contributed by atoms with van der Waals surface area (Å²) in [6.07, 6.45) is 9.58. The number of ether oxygens (including phenoxy) is 4. The fourth-order valence-electron chi connectivity index (χ4n) is 2.54. The van der Waals surface area contributed by atoms with Crippen LogP contribution in [0.25, 0.3) is 6.08 Å². The zero-order valence-electron chi connectivity index (χ0n) is 13.4. The molecule has 4 heteroatoms. The molecule has 0 spiro atoms. The van der Waals surface area contributed by atoms with Crippen LogP contribution in [0, 0.1) is 0 Å². The summed E-state index contributed by atoms with van der Waals surface area (Å²) >= 11 is 0. The summed E-state index contributed by atoms with van der Waals surface area (Å²) in [6, 6.07) is 10.1. The maximum Gasteiger partial charge on any atom is 0.248 e. The zero-order valence-corrected chi connectivity index (χ0v) is 13.4. The molecule has 0 atom stereocenters. The van der Waals surface area contributed by atoms with Gasteiger partial charge in [0.1, 0.15) is 0 Å². The Hall–Kier alpha value is -1.72. The largest absolute Gasteiger partial charge is 0.345 e. The molecule has 0 N–H and O–H groups in total. The molecular formula is C18H22O4. The van der Waals surface area contributed by atoms with Crippen LogP contribution >= 0.6 is 0 Å². The summed E-state index contributed by atoms with van der Waals surface area (Å²) < 4.78 is 22.2. The van der Waals surface area contributed by atoms with Gasteiger partial charge in [0.05, 0.1) is 0 Å². The number of hydrogen-bond donors (Lipinski definition) is 0. The molecule has 0 heterocycles. The highest BCUT2D eigenvalue weighted by Gasteiger charge is 2.53. The van der Waals surface area contributed by atoms with Crippen molar-refractivity contribution in [3.63, 3.8) is 0 Å². The van der Waals surface area contributed by atoms with Crippen molar-refractivity contribution in [3.05, 3.63) is 65.8 Å². The first-order valence-corrected chi connectivity index (χ1v) is 7.01. The molecule has 0 saturated carbocycles. The molecule has 0 aliphatic heterocycles. The maximum absolute atomic E-state index is 5.57. The highest BCUT2D eigenvalue weighted by Crippen LogP contribution is 2.38. The van der Waals surface area contributed by atoms with Crippen LogP contribution in [0.15, 0.2) is 60.2 Å². The highest BCUT2D eigenvalue weighted by atomic mass is 16.8. The van der Waals surface area contributed by atoms with E-state index in [0.29, 0.717) is 0 Å². The van der Waals surface area contributed by atoms with Gasteiger partial charge in [0, 0.05) is 28.4 Å². The van der Waals surface area contributed by atoms with Gasteiger partial charge >= 0.3 is 0 Å². The Bertz CT molecular complexity index is 564. The molecule has 22 heavy (non-hydrogen) atoms. The minimum Gasteiger partial charge on any atom is -0.345 e. The first kappa shape index (κ1) is 16.6. The van der Waals surface area contributed by atoms with Gasteiger partial charge < -0.3 is 18.9 Å². The average Bonchev–Trinajstić information content (AvgIpc) is 2.60. The van der Waals surface area contributed by atoms with Crippen LogP contribution in [0.3, 0.4) is 0 Å². The number of rotatable bonds is 6. The Morgan fingerprint density at radius 1 is 0.773 bits per heavy atom. The molecule has 118 valence electrons. The SMILES string of the molecule is COC1(OC)C=CC(/C=C/c2ccccc2)=CC1(OC)OC. The first-order valence-electron chi connectivity index (χ1n) is 7.01. The predicted octanol–water partition coefficient (Wildman–Crippen LogP) is 3.17. The molecule has 1 aromatic rings. The van der Waals surface area contributed by atoms with E-state index in [0.717, 1.165) is 11.1 Å². The third-order valence-corrected chi connectivity index (χ3v) is 3.82. The lowest BCUT2D eigenvalue weighted by Gasteiger charge is -2.44. The van der Waals surface area contributed by atoms with Gasteiger partial charge in [-0.05, 0) is 23.3 Å². The van der Waals surface area contributed by atoms with Crippen LogP contribution in [0.4, 0.5) is 0 Å². The van der Waals surface area contributed by atoms with Gasteiger partial charge in [-0.2, -0.15) is 0 Å². The standard InChI is InChI=1S/C18H22O4/c1-19-17(20-2)13-12-16(14-18(17,21-3)22-4)11-10-15-8-6-5-7-9-15/h5-14H,1-4H3/b11-10+. The minimum absolute atomic E-state index is 0.942. The van der Waals surface area contributed by atoms with Crippen molar-refractivity contribution in [2.45, 2.75) is 11.6 Å². The van der Waals surface area contributed by atoms with E-state index in [-0.39, 0.29) is 0 Å². The monoisotopic (exact) mass is 302 g/mol. The molecule has 1 aromatic carbocycles. The molecule has 1 aliphatic carbocycles. The second-order valence-electron chi connectivity index (χ2n) is 4.87. The maximum atomic E-state index is 5.57. The number of hydrogen-bond acceptors (Lipinski definition) is 4. The Morgan fingerprint density at radius 2 is 1.36 bits per heavy atom. The topological polar surface area (TPSA) is 36.9 Å². The van der Waals surface area contributed by atoms with Gasteiger partial charge in [-0.3, -0.25) is 0 Å². The van der Waals surface area contributed by atoms with Crippen molar-refractivity contribution in [1.29, 1.82) is 0 Å². The normalized spacial score (nSPS) is 19.4. The molecule has 0 saturated heterocycles. The molecular weight excluding hydrogens is 280 g/mol. The molecule has 4 nitrogen and oxygen atoms in total. The molecule has 2 rings (SSSR count). The van der Waals surface area contributed by atoms with E-state index >= 15 is 0 Å². The second kappa shape index (κ2) is 7.03. The lowest BCUT2D eigenvalue weighted by molar-refractivity contribution is -0.345. The van der Waals surface area contributed by atoms with Crippen molar-refractivity contribution in [2.24, 2.45) is 0 Å². The molecule has 0 amide bonds. The van der Waals surface area contributed by atoms with E-state index in [9.17, 15) is 0 Å². The Labute approximate surface area is 131 Å². The molecule has 0 aromatic heterocycles. The van der Waals surface area contributed by atoms with Crippen molar-refractivity contribution in [2.75, 3.05) is 28.4 Å². The lowest BCUT2D eigenvalue weighted by Crippen LogP contribution is -2.58. The fraction of sp³-hybridized carbons (Fsp3) is 0.333. The van der Waals surface area contributed by atoms with Crippen molar-refractivity contribution in [3.8, 4) is 0 Å². The van der Waals surface area contributed by atoms with Crippen molar-refractivity contribution < 1.29 is 18.9 Å². The van der Waals surface area contributed by atoms with Crippen LogP contribution < -0.4 is 0 Å². The van der Waals surface area contributed by atoms with E-state index in [4.69, 9.17) is 18.9 Å². The molecule has 0 unspecified atom stereocenters. The summed E-state index contributed by atoms with van der Waals surface area (Å²) in [4.78, 5) is 0. The van der Waals surface area contributed by atoms with Gasteiger partial charge in [0.2, 0.25) is 11.6 Å². The molecule has 0 bridgehead atoms. The predicted molar refractivity (Wildman–Crippen MR) is 86.2 cm³/mol. The molecule has 0 radical (unpaired) electrons. The van der Waals surface area contributed by atoms with E-state index in [2.05, 4.69) is 0 Å². The quantitative estimate of drug-likeness (QED) is 0.756. The van der Waals surface area contributed by atoms with Gasteiger partial charge in [0.15, 0.2) is 0 Å². The van der Waals surface area contributed by atoms with E-state index in [1.165, 1.54) is 0 Å². The van der Waals surface area contributed by atoms with Gasteiger partial charge in [-0.1, -0.05) is 48.6 Å². The van der Waals surface area contributed by atoms with Gasteiger partial charge in [-0.25, -0.2) is 0 Å². The van der Waals surface area contributed by atoms with Gasteiger partial charge in [0.25, 0.3) is 0 Å². The summed E-state index contributed by atoms with van der Waals surface area (Å²) in [5, 5.41) is 0. The number of allylic oxidation sites excluding steroid dienone is 3. The van der Waals surface area contributed by atoms with Crippen LogP contribution in [-0.2, 0) is 18.9 Å². The van der Waals surface area contributed by atoms with Crippen molar-refractivity contribution >= 4 is 6.08 Å². The highest BCUT2D eigenvalue weighted by molar-refractivity contribution is 5.55. The Balaban J connectivity index is 2.34. The Kier molecular flexibility index (Phi) is 5.32. The van der Waals surface area contributed by atoms with Crippen molar-refractivity contribution in [1.82, 2.24) is 0 Å². The lowest BCUT2D eigenvalue weighted by atomic mass is 9.94. The van der Waals surface area contributed by atoms with E-state index in [1.807, 2.05) is 54.6 Å². The summed E-state index contributed by atoms with van der Waals surface area (Å²) in [5.74, 6) is -2.28. The Morgan fingerprint density at radius 3 is 1.91 bits per heavy atom. The minimum atomic E-state index is -1.15. The number of benzene rings is 1. The molecule has 1 aliphatic rings. The number of methoxy groups -OCH3 is 4. The van der Waals surface area contributed by atoms with E-state index in [1.54, 1.807) is 34.5 Å². The average molecular weight is 302 g/mol. The fourth-order valence-corrected chi connectivity index (χ4v) is 2.54. The van der Waals surface area contributed by atoms with Crippen LogP contribution in [0.5, 0.6) is 0 Å². The van der Waals surface area contributed by atoms with Crippen LogP contribution in [0.2, 0.25) is 0 Å². The smallest absolute Gasteiger partial charge is 0.248 e. The van der Waals surface area contributed by atoms with Gasteiger partial charge in [-0.15, -0.1) is 0 Å². The summed E-state index contributed by atoms with van der Waals surface area (Å²) in [5.41, 5.74) is 2.06. The van der Waals surface area contributed by atoms with Crippen LogP contribution in [-0.4, -0.2) is 40.0 Å². The zero-order chi connectivity index (χ0) is 16.1. The third kappa shape index (κ3) is 2.91.